The van der Waals surface area contributed by atoms with Crippen molar-refractivity contribution in [3.8, 4) is 5.75 Å². The van der Waals surface area contributed by atoms with Crippen LogP contribution in [0.1, 0.15) is 17.2 Å². The molecule has 1 N–H and O–H groups in total. The molecule has 0 bridgehead atoms. The first-order chi connectivity index (χ1) is 9.95. The Bertz CT molecular complexity index is 620. The zero-order valence-electron chi connectivity index (χ0n) is 10.8. The summed E-state index contributed by atoms with van der Waals surface area (Å²) < 4.78 is 42.2. The van der Waals surface area contributed by atoms with Crippen LogP contribution in [0.15, 0.2) is 42.5 Å². The highest BCUT2D eigenvalue weighted by Crippen LogP contribution is 2.25. The predicted octanol–water partition coefficient (Wildman–Crippen LogP) is 4.36. The average Bonchev–Trinajstić information content (AvgIpc) is 2.41. The zero-order chi connectivity index (χ0) is 15.4. The highest BCUT2D eigenvalue weighted by Gasteiger charge is 2.13. The van der Waals surface area contributed by atoms with Crippen molar-refractivity contribution in [3.63, 3.8) is 0 Å². The van der Waals surface area contributed by atoms with Gasteiger partial charge in [-0.1, -0.05) is 29.8 Å². The molecule has 0 fully saturated rings. The van der Waals surface area contributed by atoms with Gasteiger partial charge in [-0.2, -0.15) is 8.78 Å². The molecule has 21 heavy (non-hydrogen) atoms. The predicted molar refractivity (Wildman–Crippen MR) is 73.1 cm³/mol. The van der Waals surface area contributed by atoms with Gasteiger partial charge in [0.25, 0.3) is 0 Å². The van der Waals surface area contributed by atoms with E-state index in [0.717, 1.165) is 6.07 Å². The third-order valence-electron chi connectivity index (χ3n) is 2.90. The van der Waals surface area contributed by atoms with Crippen LogP contribution in [0.2, 0.25) is 5.02 Å². The number of rotatable bonds is 5. The molecule has 0 aliphatic rings. The molecule has 0 aliphatic carbocycles. The number of benzene rings is 2. The highest BCUT2D eigenvalue weighted by atomic mass is 35.5. The second-order valence-corrected chi connectivity index (χ2v) is 4.84. The van der Waals surface area contributed by atoms with Gasteiger partial charge in [-0.25, -0.2) is 4.39 Å². The van der Waals surface area contributed by atoms with E-state index in [-0.39, 0.29) is 22.8 Å². The van der Waals surface area contributed by atoms with Gasteiger partial charge < -0.3 is 9.84 Å². The molecule has 0 radical (unpaired) electrons. The topological polar surface area (TPSA) is 29.5 Å². The van der Waals surface area contributed by atoms with Gasteiger partial charge in [0.1, 0.15) is 11.6 Å². The number of ether oxygens (including phenoxy) is 1. The molecule has 0 spiro atoms. The summed E-state index contributed by atoms with van der Waals surface area (Å²) in [5, 5.41) is 10.3. The summed E-state index contributed by atoms with van der Waals surface area (Å²) in [5.41, 5.74) is 0.648. The fourth-order valence-electron chi connectivity index (χ4n) is 1.91. The molecular weight excluding hydrogens is 305 g/mol. The van der Waals surface area contributed by atoms with Crippen LogP contribution in [0.4, 0.5) is 13.2 Å². The summed E-state index contributed by atoms with van der Waals surface area (Å²) in [7, 11) is 0. The lowest BCUT2D eigenvalue weighted by Crippen LogP contribution is -2.06. The Balaban J connectivity index is 2.14. The molecule has 1 atom stereocenters. The Morgan fingerprint density at radius 3 is 2.57 bits per heavy atom. The van der Waals surface area contributed by atoms with Crippen LogP contribution in [0.25, 0.3) is 0 Å². The lowest BCUT2D eigenvalue weighted by molar-refractivity contribution is -0.0499. The fourth-order valence-corrected chi connectivity index (χ4v) is 2.07. The summed E-state index contributed by atoms with van der Waals surface area (Å²) in [6.07, 6.45) is -1.04. The molecule has 0 aliphatic heterocycles. The second-order valence-electron chi connectivity index (χ2n) is 4.41. The maximum atomic E-state index is 13.7. The van der Waals surface area contributed by atoms with Crippen molar-refractivity contribution < 1.29 is 23.0 Å². The lowest BCUT2D eigenvalue weighted by atomic mass is 10.0. The Kier molecular flexibility index (Phi) is 5.09. The quantitative estimate of drug-likeness (QED) is 0.888. The molecule has 0 saturated heterocycles. The van der Waals surface area contributed by atoms with Gasteiger partial charge in [-0.3, -0.25) is 0 Å². The number of hydrogen-bond acceptors (Lipinski definition) is 2. The third-order valence-corrected chi connectivity index (χ3v) is 3.13. The van der Waals surface area contributed by atoms with Crippen LogP contribution in [-0.4, -0.2) is 11.7 Å². The highest BCUT2D eigenvalue weighted by molar-refractivity contribution is 6.30. The molecule has 112 valence electrons. The summed E-state index contributed by atoms with van der Waals surface area (Å²) in [5.74, 6) is -0.584. The first-order valence-corrected chi connectivity index (χ1v) is 6.50. The van der Waals surface area contributed by atoms with E-state index in [2.05, 4.69) is 4.74 Å². The summed E-state index contributed by atoms with van der Waals surface area (Å²) >= 11 is 5.65. The number of halogens is 4. The Morgan fingerprint density at radius 2 is 1.90 bits per heavy atom. The Morgan fingerprint density at radius 1 is 1.14 bits per heavy atom. The van der Waals surface area contributed by atoms with Crippen molar-refractivity contribution in [3.05, 3.63) is 64.4 Å². The maximum Gasteiger partial charge on any atom is 0.387 e. The molecule has 2 aromatic carbocycles. The molecule has 2 nitrogen and oxygen atoms in total. The van der Waals surface area contributed by atoms with E-state index in [0.29, 0.717) is 5.56 Å². The number of hydrogen-bond donors (Lipinski definition) is 1. The SMILES string of the molecule is OC(Cc1ccc(Cl)cc1F)c1cccc(OC(F)F)c1. The summed E-state index contributed by atoms with van der Waals surface area (Å²) in [4.78, 5) is 0. The van der Waals surface area contributed by atoms with Gasteiger partial charge in [-0.15, -0.1) is 0 Å². The van der Waals surface area contributed by atoms with E-state index in [4.69, 9.17) is 11.6 Å². The largest absolute Gasteiger partial charge is 0.435 e. The number of alkyl halides is 2. The van der Waals surface area contributed by atoms with Crippen LogP contribution in [-0.2, 0) is 6.42 Å². The molecule has 6 heteroatoms. The van der Waals surface area contributed by atoms with Crippen molar-refractivity contribution in [2.24, 2.45) is 0 Å². The van der Waals surface area contributed by atoms with Crippen LogP contribution < -0.4 is 4.74 Å². The van der Waals surface area contributed by atoms with Crippen LogP contribution >= 0.6 is 11.6 Å². The molecular formula is C15H12ClF3O2. The number of aliphatic hydroxyl groups excluding tert-OH is 1. The van der Waals surface area contributed by atoms with Crippen molar-refractivity contribution >= 4 is 11.6 Å². The van der Waals surface area contributed by atoms with E-state index >= 15 is 0 Å². The third kappa shape index (κ3) is 4.37. The maximum absolute atomic E-state index is 13.7. The minimum absolute atomic E-state index is 0.00113. The first kappa shape index (κ1) is 15.7. The van der Waals surface area contributed by atoms with Gasteiger partial charge in [0.15, 0.2) is 0 Å². The normalized spacial score (nSPS) is 12.5. The molecule has 2 aromatic rings. The van der Waals surface area contributed by atoms with E-state index in [1.54, 1.807) is 6.07 Å². The zero-order valence-corrected chi connectivity index (χ0v) is 11.5. The van der Waals surface area contributed by atoms with Gasteiger partial charge >= 0.3 is 6.61 Å². The van der Waals surface area contributed by atoms with Gasteiger partial charge in [-0.05, 0) is 35.4 Å². The van der Waals surface area contributed by atoms with Crippen molar-refractivity contribution in [1.82, 2.24) is 0 Å². The molecule has 0 heterocycles. The van der Waals surface area contributed by atoms with Crippen molar-refractivity contribution in [2.45, 2.75) is 19.1 Å². The van der Waals surface area contributed by atoms with Crippen molar-refractivity contribution in [1.29, 1.82) is 0 Å². The first-order valence-electron chi connectivity index (χ1n) is 6.12. The molecule has 2 rings (SSSR count). The fraction of sp³-hybridized carbons (Fsp3) is 0.200. The minimum atomic E-state index is -2.94. The van der Waals surface area contributed by atoms with E-state index in [9.17, 15) is 18.3 Å². The smallest absolute Gasteiger partial charge is 0.387 e. The van der Waals surface area contributed by atoms with E-state index in [1.807, 2.05) is 0 Å². The molecule has 0 saturated carbocycles. The molecule has 0 amide bonds. The van der Waals surface area contributed by atoms with Gasteiger partial charge in [0.05, 0.1) is 6.10 Å². The van der Waals surface area contributed by atoms with E-state index < -0.39 is 18.5 Å². The monoisotopic (exact) mass is 316 g/mol. The Hall–Kier alpha value is -1.72. The van der Waals surface area contributed by atoms with E-state index in [1.165, 1.54) is 30.3 Å². The van der Waals surface area contributed by atoms with Gasteiger partial charge in [0.2, 0.25) is 0 Å². The summed E-state index contributed by atoms with van der Waals surface area (Å²) in [6.45, 7) is -2.94. The average molecular weight is 317 g/mol. The standard InChI is InChI=1S/C15H12ClF3O2/c16-11-5-4-9(13(17)8-11)7-14(20)10-2-1-3-12(6-10)21-15(18)19/h1-6,8,14-15,20H,7H2. The van der Waals surface area contributed by atoms with Crippen LogP contribution in [0.3, 0.4) is 0 Å². The summed E-state index contributed by atoms with van der Waals surface area (Å²) in [6, 6.07) is 9.82. The van der Waals surface area contributed by atoms with Gasteiger partial charge in [0, 0.05) is 11.4 Å². The molecule has 1 unspecified atom stereocenters. The number of aliphatic hydroxyl groups is 1. The van der Waals surface area contributed by atoms with Crippen LogP contribution in [0, 0.1) is 5.82 Å². The minimum Gasteiger partial charge on any atom is -0.435 e. The van der Waals surface area contributed by atoms with Crippen LogP contribution in [0.5, 0.6) is 5.75 Å². The lowest BCUT2D eigenvalue weighted by Gasteiger charge is -2.13. The second kappa shape index (κ2) is 6.83. The van der Waals surface area contributed by atoms with Crippen molar-refractivity contribution in [2.75, 3.05) is 0 Å². The Labute approximate surface area is 124 Å². The molecule has 0 aromatic heterocycles.